The van der Waals surface area contributed by atoms with Gasteiger partial charge in [-0.25, -0.2) is 0 Å². The molecule has 1 N–H and O–H groups in total. The van der Waals surface area contributed by atoms with Crippen LogP contribution in [0.2, 0.25) is 0 Å². The van der Waals surface area contributed by atoms with Gasteiger partial charge in [0.05, 0.1) is 11.1 Å². The monoisotopic (exact) mass is 400 g/mol. The SMILES string of the molecule is Cc1nnc(-c2cn(CC(=O)Nc3ccc(C(F)(F)F)cc3)c3ccccc23)o1. The molecule has 0 atom stereocenters. The molecule has 0 unspecified atom stereocenters. The number of halogens is 3. The molecule has 2 aromatic heterocycles. The number of benzene rings is 2. The number of fused-ring (bicyclic) bond motifs is 1. The molecule has 0 aliphatic heterocycles. The maximum atomic E-state index is 12.7. The van der Waals surface area contributed by atoms with Gasteiger partial charge < -0.3 is 14.3 Å². The van der Waals surface area contributed by atoms with E-state index < -0.39 is 11.7 Å². The number of hydrogen-bond acceptors (Lipinski definition) is 4. The first-order chi connectivity index (χ1) is 13.8. The Bertz CT molecular complexity index is 1180. The zero-order valence-electron chi connectivity index (χ0n) is 15.2. The quantitative estimate of drug-likeness (QED) is 0.541. The summed E-state index contributed by atoms with van der Waals surface area (Å²) < 4.78 is 45.2. The number of nitrogens with zero attached hydrogens (tertiary/aromatic N) is 3. The number of rotatable bonds is 4. The Hall–Kier alpha value is -3.62. The van der Waals surface area contributed by atoms with Crippen LogP contribution in [0.4, 0.5) is 18.9 Å². The standard InChI is InChI=1S/C20H15F3N4O2/c1-12-25-26-19(29-12)16-10-27(17-5-3-2-4-15(16)17)11-18(28)24-14-8-6-13(7-9-14)20(21,22)23/h2-10H,11H2,1H3,(H,24,28). The van der Waals surface area contributed by atoms with Crippen molar-refractivity contribution in [3.05, 3.63) is 66.2 Å². The number of carbonyl (C=O) groups excluding carboxylic acids is 1. The van der Waals surface area contributed by atoms with Crippen LogP contribution in [0.15, 0.2) is 59.1 Å². The number of carbonyl (C=O) groups is 1. The van der Waals surface area contributed by atoms with Crippen LogP contribution >= 0.6 is 0 Å². The van der Waals surface area contributed by atoms with Gasteiger partial charge in [-0.2, -0.15) is 13.2 Å². The number of nitrogens with one attached hydrogen (secondary N) is 1. The van der Waals surface area contributed by atoms with Crippen LogP contribution in [0.25, 0.3) is 22.4 Å². The lowest BCUT2D eigenvalue weighted by atomic mass is 10.2. The minimum atomic E-state index is -4.42. The maximum absolute atomic E-state index is 12.7. The molecule has 1 amide bonds. The fraction of sp³-hybridized carbons (Fsp3) is 0.150. The van der Waals surface area contributed by atoms with E-state index in [9.17, 15) is 18.0 Å². The third-order valence-corrected chi connectivity index (χ3v) is 4.35. The summed E-state index contributed by atoms with van der Waals surface area (Å²) in [7, 11) is 0. The lowest BCUT2D eigenvalue weighted by Gasteiger charge is -2.09. The first-order valence-electron chi connectivity index (χ1n) is 8.67. The van der Waals surface area contributed by atoms with Crippen molar-refractivity contribution < 1.29 is 22.4 Å². The lowest BCUT2D eigenvalue weighted by Crippen LogP contribution is -2.18. The molecule has 0 saturated heterocycles. The van der Waals surface area contributed by atoms with Crippen LogP contribution in [0.5, 0.6) is 0 Å². The normalized spacial score (nSPS) is 11.7. The van der Waals surface area contributed by atoms with E-state index in [4.69, 9.17) is 4.42 Å². The van der Waals surface area contributed by atoms with Gasteiger partial charge in [0.2, 0.25) is 17.7 Å². The third-order valence-electron chi connectivity index (χ3n) is 4.35. The molecule has 0 fully saturated rings. The van der Waals surface area contributed by atoms with E-state index >= 15 is 0 Å². The number of hydrogen-bond donors (Lipinski definition) is 1. The summed E-state index contributed by atoms with van der Waals surface area (Å²) >= 11 is 0. The van der Waals surface area contributed by atoms with Crippen molar-refractivity contribution in [2.75, 3.05) is 5.32 Å². The minimum absolute atomic E-state index is 0.0331. The summed E-state index contributed by atoms with van der Waals surface area (Å²) in [6, 6.07) is 11.7. The van der Waals surface area contributed by atoms with E-state index in [1.165, 1.54) is 12.1 Å². The van der Waals surface area contributed by atoms with Crippen LogP contribution in [-0.4, -0.2) is 20.7 Å². The summed E-state index contributed by atoms with van der Waals surface area (Å²) in [5, 5.41) is 11.3. The fourth-order valence-corrected chi connectivity index (χ4v) is 3.05. The average Bonchev–Trinajstić information content (AvgIpc) is 3.25. The van der Waals surface area contributed by atoms with Crippen molar-refractivity contribution >= 4 is 22.5 Å². The highest BCUT2D eigenvalue weighted by Gasteiger charge is 2.30. The lowest BCUT2D eigenvalue weighted by molar-refractivity contribution is -0.137. The van der Waals surface area contributed by atoms with Crippen molar-refractivity contribution in [1.29, 1.82) is 0 Å². The topological polar surface area (TPSA) is 73.0 Å². The summed E-state index contributed by atoms with van der Waals surface area (Å²) in [6.45, 7) is 1.65. The zero-order chi connectivity index (χ0) is 20.6. The highest BCUT2D eigenvalue weighted by atomic mass is 19.4. The highest BCUT2D eigenvalue weighted by Crippen LogP contribution is 2.31. The summed E-state index contributed by atoms with van der Waals surface area (Å²) in [6.07, 6.45) is -2.68. The first kappa shape index (κ1) is 18.7. The molecular weight excluding hydrogens is 385 g/mol. The molecule has 0 bridgehead atoms. The maximum Gasteiger partial charge on any atom is 0.416 e. The molecule has 0 aliphatic rings. The van der Waals surface area contributed by atoms with E-state index in [2.05, 4.69) is 15.5 Å². The molecule has 4 rings (SSSR count). The number of para-hydroxylation sites is 1. The van der Waals surface area contributed by atoms with Gasteiger partial charge in [0.25, 0.3) is 0 Å². The second-order valence-corrected chi connectivity index (χ2v) is 6.44. The number of anilines is 1. The molecule has 6 nitrogen and oxygen atoms in total. The Balaban J connectivity index is 1.57. The van der Waals surface area contributed by atoms with Crippen molar-refractivity contribution in [1.82, 2.24) is 14.8 Å². The average molecular weight is 400 g/mol. The second-order valence-electron chi connectivity index (χ2n) is 6.44. The molecule has 2 heterocycles. The molecule has 0 radical (unpaired) electrons. The van der Waals surface area contributed by atoms with Crippen molar-refractivity contribution in [3.63, 3.8) is 0 Å². The van der Waals surface area contributed by atoms with Gasteiger partial charge in [-0.15, -0.1) is 10.2 Å². The summed E-state index contributed by atoms with van der Waals surface area (Å²) in [4.78, 5) is 12.5. The molecule has 4 aromatic rings. The van der Waals surface area contributed by atoms with Gasteiger partial charge in [0, 0.05) is 29.7 Å². The Labute approximate surface area is 163 Å². The van der Waals surface area contributed by atoms with Gasteiger partial charge in [-0.1, -0.05) is 18.2 Å². The van der Waals surface area contributed by atoms with Crippen molar-refractivity contribution in [2.45, 2.75) is 19.6 Å². The van der Waals surface area contributed by atoms with Crippen LogP contribution < -0.4 is 5.32 Å². The molecule has 148 valence electrons. The largest absolute Gasteiger partial charge is 0.421 e. The Kier molecular flexibility index (Phi) is 4.57. The highest BCUT2D eigenvalue weighted by molar-refractivity contribution is 5.96. The summed E-state index contributed by atoms with van der Waals surface area (Å²) in [5.41, 5.74) is 1.00. The molecule has 0 aliphatic carbocycles. The predicted octanol–water partition coefficient (Wildman–Crippen LogP) is 4.66. The summed E-state index contributed by atoms with van der Waals surface area (Å²) in [5.74, 6) is 0.399. The molecule has 0 spiro atoms. The third kappa shape index (κ3) is 3.84. The minimum Gasteiger partial charge on any atom is -0.421 e. The van der Waals surface area contributed by atoms with Gasteiger partial charge in [0.1, 0.15) is 6.54 Å². The second kappa shape index (κ2) is 7.08. The number of aromatic nitrogens is 3. The van der Waals surface area contributed by atoms with Gasteiger partial charge in [0.15, 0.2) is 0 Å². The number of alkyl halides is 3. The molecule has 29 heavy (non-hydrogen) atoms. The smallest absolute Gasteiger partial charge is 0.416 e. The molecule has 0 saturated carbocycles. The van der Waals surface area contributed by atoms with Crippen molar-refractivity contribution in [3.8, 4) is 11.5 Å². The van der Waals surface area contributed by atoms with Crippen LogP contribution in [0, 0.1) is 6.92 Å². The first-order valence-corrected chi connectivity index (χ1v) is 8.67. The van der Waals surface area contributed by atoms with E-state index in [0.29, 0.717) is 17.3 Å². The van der Waals surface area contributed by atoms with Crippen LogP contribution in [0.3, 0.4) is 0 Å². The molecule has 9 heteroatoms. The fourth-order valence-electron chi connectivity index (χ4n) is 3.05. The Morgan fingerprint density at radius 3 is 2.48 bits per heavy atom. The van der Waals surface area contributed by atoms with Crippen LogP contribution in [0.1, 0.15) is 11.5 Å². The van der Waals surface area contributed by atoms with E-state index in [1.807, 2.05) is 24.3 Å². The zero-order valence-corrected chi connectivity index (χ0v) is 15.2. The predicted molar refractivity (Wildman–Crippen MR) is 100 cm³/mol. The Morgan fingerprint density at radius 2 is 1.83 bits per heavy atom. The number of aryl methyl sites for hydroxylation is 1. The van der Waals surface area contributed by atoms with E-state index in [1.54, 1.807) is 17.7 Å². The molecular formula is C20H15F3N4O2. The van der Waals surface area contributed by atoms with Gasteiger partial charge in [-0.3, -0.25) is 4.79 Å². The molecule has 2 aromatic carbocycles. The van der Waals surface area contributed by atoms with E-state index in [0.717, 1.165) is 23.0 Å². The van der Waals surface area contributed by atoms with Gasteiger partial charge >= 0.3 is 6.18 Å². The van der Waals surface area contributed by atoms with Crippen LogP contribution in [-0.2, 0) is 17.5 Å². The van der Waals surface area contributed by atoms with Crippen molar-refractivity contribution in [2.24, 2.45) is 0 Å². The van der Waals surface area contributed by atoms with E-state index in [-0.39, 0.29) is 18.1 Å². The van der Waals surface area contributed by atoms with Gasteiger partial charge in [-0.05, 0) is 30.3 Å². The Morgan fingerprint density at radius 1 is 1.10 bits per heavy atom. The number of amides is 1.